The van der Waals surface area contributed by atoms with Crippen LogP contribution in [0.2, 0.25) is 0 Å². The van der Waals surface area contributed by atoms with Gasteiger partial charge in [-0.3, -0.25) is 4.79 Å². The van der Waals surface area contributed by atoms with E-state index in [-0.39, 0.29) is 16.9 Å². The monoisotopic (exact) mass is 316 g/mol. The molecule has 0 radical (unpaired) electrons. The standard InChI is InChI=1S/C18H20O5/c1-3-6-11-10-7-4-5-8-12(10)17-15(16(11)20)13(19)9-14(23-17)18(21)22-2/h9,20H,3-8H2,1-2H3. The van der Waals surface area contributed by atoms with Gasteiger partial charge in [-0.05, 0) is 48.8 Å². The summed E-state index contributed by atoms with van der Waals surface area (Å²) < 4.78 is 10.3. The molecule has 1 aromatic carbocycles. The summed E-state index contributed by atoms with van der Waals surface area (Å²) in [5, 5.41) is 10.8. The molecule has 5 heteroatoms. The number of fused-ring (bicyclic) bond motifs is 3. The molecule has 0 saturated carbocycles. The number of rotatable bonds is 3. The van der Waals surface area contributed by atoms with Gasteiger partial charge in [0.15, 0.2) is 5.43 Å². The summed E-state index contributed by atoms with van der Waals surface area (Å²) >= 11 is 0. The van der Waals surface area contributed by atoms with Gasteiger partial charge in [-0.15, -0.1) is 0 Å². The van der Waals surface area contributed by atoms with Gasteiger partial charge in [0.25, 0.3) is 0 Å². The lowest BCUT2D eigenvalue weighted by atomic mass is 9.84. The molecule has 0 spiro atoms. The Morgan fingerprint density at radius 2 is 2.00 bits per heavy atom. The highest BCUT2D eigenvalue weighted by molar-refractivity contribution is 5.93. The molecule has 23 heavy (non-hydrogen) atoms. The third-order valence-electron chi connectivity index (χ3n) is 4.46. The van der Waals surface area contributed by atoms with Crippen molar-refractivity contribution in [1.29, 1.82) is 0 Å². The molecule has 0 unspecified atom stereocenters. The summed E-state index contributed by atoms with van der Waals surface area (Å²) in [5.74, 6) is -0.807. The Labute approximate surface area is 133 Å². The molecule has 1 aliphatic carbocycles. The first kappa shape index (κ1) is 15.6. The van der Waals surface area contributed by atoms with Gasteiger partial charge in [0, 0.05) is 6.07 Å². The van der Waals surface area contributed by atoms with Gasteiger partial charge in [0.2, 0.25) is 5.76 Å². The zero-order valence-electron chi connectivity index (χ0n) is 13.4. The molecule has 0 amide bonds. The van der Waals surface area contributed by atoms with E-state index in [1.165, 1.54) is 7.11 Å². The molecule has 0 saturated heterocycles. The summed E-state index contributed by atoms with van der Waals surface area (Å²) in [4.78, 5) is 24.2. The van der Waals surface area contributed by atoms with Crippen LogP contribution in [-0.2, 0) is 24.0 Å². The minimum absolute atomic E-state index is 0.00710. The zero-order chi connectivity index (χ0) is 16.6. The van der Waals surface area contributed by atoms with Gasteiger partial charge in [0.05, 0.1) is 7.11 Å². The van der Waals surface area contributed by atoms with Crippen LogP contribution in [0.25, 0.3) is 11.0 Å². The van der Waals surface area contributed by atoms with Crippen molar-refractivity contribution in [2.75, 3.05) is 7.11 Å². The van der Waals surface area contributed by atoms with Crippen LogP contribution >= 0.6 is 0 Å². The van der Waals surface area contributed by atoms with Gasteiger partial charge in [0.1, 0.15) is 16.7 Å². The molecule has 122 valence electrons. The van der Waals surface area contributed by atoms with E-state index in [1.807, 2.05) is 6.92 Å². The van der Waals surface area contributed by atoms with Crippen LogP contribution in [0.4, 0.5) is 0 Å². The largest absolute Gasteiger partial charge is 0.507 e. The minimum Gasteiger partial charge on any atom is -0.507 e. The van der Waals surface area contributed by atoms with E-state index in [9.17, 15) is 14.7 Å². The number of hydrogen-bond donors (Lipinski definition) is 1. The lowest BCUT2D eigenvalue weighted by Gasteiger charge is -2.22. The quantitative estimate of drug-likeness (QED) is 0.880. The number of carbonyl (C=O) groups is 1. The van der Waals surface area contributed by atoms with Gasteiger partial charge < -0.3 is 14.3 Å². The molecule has 2 aromatic rings. The molecule has 0 atom stereocenters. The summed E-state index contributed by atoms with van der Waals surface area (Å²) in [7, 11) is 1.24. The van der Waals surface area contributed by atoms with Gasteiger partial charge >= 0.3 is 5.97 Å². The Hall–Kier alpha value is -2.30. The van der Waals surface area contributed by atoms with Crippen LogP contribution in [0.15, 0.2) is 15.3 Å². The normalized spacial score (nSPS) is 13.8. The maximum absolute atomic E-state index is 12.5. The Kier molecular flexibility index (Phi) is 4.11. The Bertz CT molecular complexity index is 832. The average molecular weight is 316 g/mol. The smallest absolute Gasteiger partial charge is 0.374 e. The first-order valence-corrected chi connectivity index (χ1v) is 8.00. The fourth-order valence-electron chi connectivity index (χ4n) is 3.43. The van der Waals surface area contributed by atoms with Crippen molar-refractivity contribution in [2.45, 2.75) is 45.4 Å². The van der Waals surface area contributed by atoms with E-state index >= 15 is 0 Å². The number of esters is 1. The highest BCUT2D eigenvalue weighted by Gasteiger charge is 2.25. The molecule has 1 aliphatic rings. The molecule has 1 N–H and O–H groups in total. The molecule has 3 rings (SSSR count). The summed E-state index contributed by atoms with van der Waals surface area (Å²) in [6.07, 6.45) is 5.32. The number of phenols is 1. The summed E-state index contributed by atoms with van der Waals surface area (Å²) in [6, 6.07) is 1.10. The summed E-state index contributed by atoms with van der Waals surface area (Å²) in [6.45, 7) is 2.04. The van der Waals surface area contributed by atoms with E-state index in [0.717, 1.165) is 61.3 Å². The predicted molar refractivity (Wildman–Crippen MR) is 86.1 cm³/mol. The van der Waals surface area contributed by atoms with E-state index < -0.39 is 11.4 Å². The van der Waals surface area contributed by atoms with Crippen molar-refractivity contribution in [3.05, 3.63) is 38.7 Å². The molecular weight excluding hydrogens is 296 g/mol. The average Bonchev–Trinajstić information content (AvgIpc) is 2.57. The highest BCUT2D eigenvalue weighted by atomic mass is 16.5. The summed E-state index contributed by atoms with van der Waals surface area (Å²) in [5.41, 5.74) is 2.82. The zero-order valence-corrected chi connectivity index (χ0v) is 13.4. The van der Waals surface area contributed by atoms with Gasteiger partial charge in [-0.1, -0.05) is 13.3 Å². The lowest BCUT2D eigenvalue weighted by Crippen LogP contribution is -2.14. The fourth-order valence-corrected chi connectivity index (χ4v) is 3.43. The number of aromatic hydroxyl groups is 1. The minimum atomic E-state index is -0.689. The van der Waals surface area contributed by atoms with Crippen molar-refractivity contribution in [3.8, 4) is 5.75 Å². The number of phenolic OH excluding ortho intramolecular Hbond substituents is 1. The maximum Gasteiger partial charge on any atom is 0.374 e. The third kappa shape index (κ3) is 2.50. The van der Waals surface area contributed by atoms with Crippen LogP contribution in [0, 0.1) is 0 Å². The van der Waals surface area contributed by atoms with Gasteiger partial charge in [-0.25, -0.2) is 4.79 Å². The lowest BCUT2D eigenvalue weighted by molar-refractivity contribution is 0.0565. The van der Waals surface area contributed by atoms with Crippen LogP contribution in [0.1, 0.15) is 53.4 Å². The third-order valence-corrected chi connectivity index (χ3v) is 4.46. The van der Waals surface area contributed by atoms with Crippen molar-refractivity contribution < 1.29 is 19.1 Å². The number of aryl methyl sites for hydroxylation is 1. The molecule has 0 aliphatic heterocycles. The SMILES string of the molecule is CCCc1c2c(c3oc(C(=O)OC)cc(=O)c3c1O)CCCC2. The van der Waals surface area contributed by atoms with Crippen LogP contribution in [-0.4, -0.2) is 18.2 Å². The first-order valence-electron chi connectivity index (χ1n) is 8.00. The van der Waals surface area contributed by atoms with Crippen molar-refractivity contribution in [1.82, 2.24) is 0 Å². The Balaban J connectivity index is 2.40. The Morgan fingerprint density at radius 1 is 1.30 bits per heavy atom. The topological polar surface area (TPSA) is 76.7 Å². The molecular formula is C18H20O5. The maximum atomic E-state index is 12.5. The second-order valence-corrected chi connectivity index (χ2v) is 5.91. The van der Waals surface area contributed by atoms with Crippen molar-refractivity contribution in [3.63, 3.8) is 0 Å². The van der Waals surface area contributed by atoms with Crippen molar-refractivity contribution >= 4 is 16.9 Å². The van der Waals surface area contributed by atoms with Crippen molar-refractivity contribution in [2.24, 2.45) is 0 Å². The number of benzene rings is 1. The van der Waals surface area contributed by atoms with Crippen LogP contribution < -0.4 is 5.43 Å². The number of ether oxygens (including phenoxy) is 1. The second-order valence-electron chi connectivity index (χ2n) is 5.91. The second kappa shape index (κ2) is 6.07. The number of carbonyl (C=O) groups excluding carboxylic acids is 1. The highest BCUT2D eigenvalue weighted by Crippen LogP contribution is 2.38. The first-order chi connectivity index (χ1) is 11.1. The van der Waals surface area contributed by atoms with E-state index in [1.54, 1.807) is 0 Å². The van der Waals surface area contributed by atoms with Crippen LogP contribution in [0.3, 0.4) is 0 Å². The Morgan fingerprint density at radius 3 is 2.65 bits per heavy atom. The predicted octanol–water partition coefficient (Wildman–Crippen LogP) is 3.12. The van der Waals surface area contributed by atoms with E-state index in [4.69, 9.17) is 4.42 Å². The van der Waals surface area contributed by atoms with E-state index in [0.29, 0.717) is 5.58 Å². The number of methoxy groups -OCH3 is 1. The number of hydrogen-bond acceptors (Lipinski definition) is 5. The van der Waals surface area contributed by atoms with Gasteiger partial charge in [-0.2, -0.15) is 0 Å². The molecule has 0 fully saturated rings. The molecule has 1 heterocycles. The molecule has 1 aromatic heterocycles. The molecule has 5 nitrogen and oxygen atoms in total. The van der Waals surface area contributed by atoms with E-state index in [2.05, 4.69) is 4.74 Å². The fraction of sp³-hybridized carbons (Fsp3) is 0.444. The van der Waals surface area contributed by atoms with Crippen LogP contribution in [0.5, 0.6) is 5.75 Å². The molecule has 0 bridgehead atoms.